The Morgan fingerprint density at radius 1 is 0.457 bits per heavy atom. The van der Waals surface area contributed by atoms with Crippen LogP contribution in [0.5, 0.6) is 0 Å². The molecule has 0 aliphatic carbocycles. The minimum Gasteiger partial charge on any atom is -0.462 e. The van der Waals surface area contributed by atoms with Crippen LogP contribution >= 0.6 is 0 Å². The van der Waals surface area contributed by atoms with E-state index in [1.165, 1.54) is 44.9 Å². The zero-order chi connectivity index (χ0) is 51.0. The predicted octanol–water partition coefficient (Wildman–Crippen LogP) is 7.82. The van der Waals surface area contributed by atoms with Crippen LogP contribution in [0.3, 0.4) is 0 Å². The molecule has 0 radical (unpaired) electrons. The summed E-state index contributed by atoms with van der Waals surface area (Å²) in [7, 11) is 0. The first-order valence-electron chi connectivity index (χ1n) is 26.5. The summed E-state index contributed by atoms with van der Waals surface area (Å²) < 4.78 is 33.6. The highest BCUT2D eigenvalue weighted by Crippen LogP contribution is 2.26. The van der Waals surface area contributed by atoms with E-state index in [0.29, 0.717) is 12.8 Å². The summed E-state index contributed by atoms with van der Waals surface area (Å²) in [5.74, 6) is -0.975. The molecule has 2 fully saturated rings. The van der Waals surface area contributed by atoms with Gasteiger partial charge in [-0.05, 0) is 83.5 Å². The monoisotopic (exact) mass is 993 g/mol. The highest BCUT2D eigenvalue weighted by molar-refractivity contribution is 5.70. The Balaban J connectivity index is 1.82. The molecule has 0 amide bonds. The van der Waals surface area contributed by atoms with Crippen LogP contribution in [0.4, 0.5) is 0 Å². The fourth-order valence-electron chi connectivity index (χ4n) is 7.77. The van der Waals surface area contributed by atoms with E-state index in [-0.39, 0.29) is 19.4 Å². The van der Waals surface area contributed by atoms with Crippen molar-refractivity contribution in [3.63, 3.8) is 0 Å². The van der Waals surface area contributed by atoms with Gasteiger partial charge in [0.1, 0.15) is 55.4 Å². The average molecular weight is 993 g/mol. The van der Waals surface area contributed by atoms with Gasteiger partial charge in [0, 0.05) is 12.8 Å². The molecule has 0 aromatic rings. The number of hydrogen-bond donors (Lipinski definition) is 7. The molecule has 0 spiro atoms. The maximum absolute atomic E-state index is 13.0. The van der Waals surface area contributed by atoms with Gasteiger partial charge in [-0.3, -0.25) is 9.59 Å². The van der Waals surface area contributed by atoms with Gasteiger partial charge in [0.2, 0.25) is 0 Å². The number of carbonyl (C=O) groups excluding carboxylic acids is 2. The quantitative estimate of drug-likeness (QED) is 0.0176. The molecule has 0 aromatic carbocycles. The number of rotatable bonds is 40. The molecule has 70 heavy (non-hydrogen) atoms. The van der Waals surface area contributed by atoms with Crippen molar-refractivity contribution < 1.29 is 73.8 Å². The summed E-state index contributed by atoms with van der Waals surface area (Å²) >= 11 is 0. The zero-order valence-corrected chi connectivity index (χ0v) is 42.5. The summed E-state index contributed by atoms with van der Waals surface area (Å²) in [5.41, 5.74) is 0. The van der Waals surface area contributed by atoms with Crippen LogP contribution in [0, 0.1) is 0 Å². The Hall–Kier alpha value is -3.06. The van der Waals surface area contributed by atoms with Crippen molar-refractivity contribution in [3.05, 3.63) is 72.9 Å². The second kappa shape index (κ2) is 41.4. The van der Waals surface area contributed by atoms with Gasteiger partial charge in [-0.15, -0.1) is 0 Å². The highest BCUT2D eigenvalue weighted by Gasteiger charge is 2.47. The van der Waals surface area contributed by atoms with Gasteiger partial charge in [0.25, 0.3) is 0 Å². The number of allylic oxidation sites excluding steroid dienone is 12. The average Bonchev–Trinajstić information content (AvgIpc) is 3.35. The molecule has 15 nitrogen and oxygen atoms in total. The third-order valence-electron chi connectivity index (χ3n) is 12.1. The molecular formula is C55H92O15. The van der Waals surface area contributed by atoms with E-state index < -0.39 is 99.3 Å². The molecule has 15 heteroatoms. The van der Waals surface area contributed by atoms with Gasteiger partial charge in [-0.25, -0.2) is 0 Å². The Bertz CT molecular complexity index is 1490. The first-order chi connectivity index (χ1) is 34.0. The molecule has 0 saturated carbocycles. The summed E-state index contributed by atoms with van der Waals surface area (Å²) in [4.78, 5) is 25.8. The molecule has 2 saturated heterocycles. The second-order valence-corrected chi connectivity index (χ2v) is 18.3. The van der Waals surface area contributed by atoms with Crippen molar-refractivity contribution >= 4 is 11.9 Å². The summed E-state index contributed by atoms with van der Waals surface area (Å²) in [6.07, 6.45) is 32.0. The van der Waals surface area contributed by atoms with Crippen LogP contribution in [-0.2, 0) is 38.0 Å². The van der Waals surface area contributed by atoms with Crippen molar-refractivity contribution in [2.45, 2.75) is 235 Å². The van der Waals surface area contributed by atoms with Crippen LogP contribution in [0.25, 0.3) is 0 Å². The SMILES string of the molecule is CCC/C=C/C/C=C/C/C=C/C/C=C/CCCCCC(=O)O[C@@H](COC(=O)CCCCCCCCC/C=C/C/C=C/CCCCC)CO[C@@H]1O[C@H](CO[C@@H]2O[C@H](CO)[C@H](O)C(O)C2O)[C@H](O)C(O)C1O. The van der Waals surface area contributed by atoms with Crippen molar-refractivity contribution in [2.75, 3.05) is 26.4 Å². The van der Waals surface area contributed by atoms with Crippen LogP contribution in [0.1, 0.15) is 168 Å². The Morgan fingerprint density at radius 2 is 0.886 bits per heavy atom. The van der Waals surface area contributed by atoms with Gasteiger partial charge in [0.15, 0.2) is 18.7 Å². The Morgan fingerprint density at radius 3 is 1.41 bits per heavy atom. The first kappa shape index (κ1) is 63.1. The van der Waals surface area contributed by atoms with E-state index in [4.69, 9.17) is 28.4 Å². The molecule has 2 aliphatic rings. The van der Waals surface area contributed by atoms with E-state index in [9.17, 15) is 45.3 Å². The van der Waals surface area contributed by atoms with Crippen LogP contribution in [0.15, 0.2) is 72.9 Å². The van der Waals surface area contributed by atoms with Gasteiger partial charge in [0.05, 0.1) is 19.8 Å². The van der Waals surface area contributed by atoms with Gasteiger partial charge < -0.3 is 64.2 Å². The highest BCUT2D eigenvalue weighted by atomic mass is 16.7. The zero-order valence-electron chi connectivity index (χ0n) is 42.5. The standard InChI is InChI=1S/C55H92O15/c1-3-5-7-9-11-13-15-17-19-21-23-25-27-29-31-33-35-37-46(57)65-40-43(68-47(58)38-36-34-32-30-28-26-24-22-20-18-16-14-12-10-8-6-4-2)41-66-54-53(64)51(62)49(60)45(70-54)42-67-55-52(63)50(61)48(59)44(39-56)69-55/h8,10-11,13-14,16-17,19-20,22,26,28,43-45,48-56,59-64H,3-7,9,12,15,18,21,23-25,27,29-42H2,1-2H3/b10-8+,13-11+,16-14+,19-17+,22-20+,28-26+/t43-,44+,45+,48-,49-,50?,51?,52?,53?,54+,55+/m0/s1. The van der Waals surface area contributed by atoms with Crippen LogP contribution in [0.2, 0.25) is 0 Å². The molecule has 11 atom stereocenters. The lowest BCUT2D eigenvalue weighted by Gasteiger charge is -2.42. The third kappa shape index (κ3) is 28.8. The fraction of sp³-hybridized carbons (Fsp3) is 0.745. The fourth-order valence-corrected chi connectivity index (χ4v) is 7.77. The predicted molar refractivity (Wildman–Crippen MR) is 270 cm³/mol. The van der Waals surface area contributed by atoms with Crippen molar-refractivity contribution in [2.24, 2.45) is 0 Å². The number of aliphatic hydroxyl groups is 7. The Kier molecular flexibility index (Phi) is 37.3. The molecular weight excluding hydrogens is 901 g/mol. The van der Waals surface area contributed by atoms with E-state index in [2.05, 4.69) is 86.8 Å². The lowest BCUT2D eigenvalue weighted by atomic mass is 9.98. The number of hydrogen-bond acceptors (Lipinski definition) is 15. The lowest BCUT2D eigenvalue weighted by Crippen LogP contribution is -2.61. The third-order valence-corrected chi connectivity index (χ3v) is 12.1. The summed E-state index contributed by atoms with van der Waals surface area (Å²) in [6, 6.07) is 0. The molecule has 0 bridgehead atoms. The number of carbonyl (C=O) groups is 2. The molecule has 7 N–H and O–H groups in total. The molecule has 402 valence electrons. The normalized spacial score (nSPS) is 26.0. The first-order valence-corrected chi connectivity index (χ1v) is 26.5. The number of esters is 2. The Labute approximate surface area is 419 Å². The molecule has 0 aromatic heterocycles. The summed E-state index contributed by atoms with van der Waals surface area (Å²) in [6.45, 7) is 2.44. The smallest absolute Gasteiger partial charge is 0.306 e. The van der Waals surface area contributed by atoms with Gasteiger partial charge >= 0.3 is 11.9 Å². The number of aliphatic hydroxyl groups excluding tert-OH is 7. The van der Waals surface area contributed by atoms with Crippen molar-refractivity contribution in [1.29, 1.82) is 0 Å². The largest absolute Gasteiger partial charge is 0.462 e. The minimum absolute atomic E-state index is 0.122. The molecule has 2 rings (SSSR count). The minimum atomic E-state index is -1.78. The van der Waals surface area contributed by atoms with E-state index >= 15 is 0 Å². The molecule has 2 aliphatic heterocycles. The summed E-state index contributed by atoms with van der Waals surface area (Å²) in [5, 5.41) is 72.1. The molecule has 4 unspecified atom stereocenters. The van der Waals surface area contributed by atoms with E-state index in [0.717, 1.165) is 83.5 Å². The maximum atomic E-state index is 13.0. The van der Waals surface area contributed by atoms with E-state index in [1.54, 1.807) is 0 Å². The topological polar surface area (TPSA) is 231 Å². The van der Waals surface area contributed by atoms with Gasteiger partial charge in [-0.1, -0.05) is 145 Å². The van der Waals surface area contributed by atoms with Gasteiger partial charge in [-0.2, -0.15) is 0 Å². The van der Waals surface area contributed by atoms with Crippen molar-refractivity contribution in [1.82, 2.24) is 0 Å². The van der Waals surface area contributed by atoms with E-state index in [1.807, 2.05) is 0 Å². The lowest BCUT2D eigenvalue weighted by molar-refractivity contribution is -0.332. The van der Waals surface area contributed by atoms with Crippen molar-refractivity contribution in [3.8, 4) is 0 Å². The second-order valence-electron chi connectivity index (χ2n) is 18.3. The van der Waals surface area contributed by atoms with Crippen LogP contribution in [-0.4, -0.2) is 142 Å². The molecule has 2 heterocycles. The maximum Gasteiger partial charge on any atom is 0.306 e. The number of unbranched alkanes of at least 4 members (excludes halogenated alkanes) is 14. The number of ether oxygens (including phenoxy) is 6. The van der Waals surface area contributed by atoms with Crippen LogP contribution < -0.4 is 0 Å².